The Bertz CT molecular complexity index is 1430. The number of rotatable bonds is 10. The van der Waals surface area contributed by atoms with E-state index in [1.165, 1.54) is 18.2 Å². The standard InChI is InChI=1S/C31H30N2O8/c1-37-25-14-13-23(15-26(25)38-2)17-32-28-24(16-27(34)39-19-21-9-5-3-6-10-21)18-33(29(28)30(32)35)41-31(36)40-20-22-11-7-4-8-12-22/h3-16,28-29H,17-20H2,1-2H3/b24-16+/t28-,29+/m1/s1. The van der Waals surface area contributed by atoms with Gasteiger partial charge in [0.05, 0.1) is 26.8 Å². The lowest BCUT2D eigenvalue weighted by Crippen LogP contribution is -2.66. The van der Waals surface area contributed by atoms with Gasteiger partial charge in [-0.1, -0.05) is 66.7 Å². The zero-order valence-corrected chi connectivity index (χ0v) is 22.7. The van der Waals surface area contributed by atoms with Gasteiger partial charge in [0.25, 0.3) is 0 Å². The van der Waals surface area contributed by atoms with Crippen molar-refractivity contribution in [2.75, 3.05) is 20.8 Å². The van der Waals surface area contributed by atoms with Crippen molar-refractivity contribution in [3.05, 3.63) is 107 Å². The molecule has 10 heteroatoms. The number of fused-ring (bicyclic) bond motifs is 1. The molecule has 212 valence electrons. The van der Waals surface area contributed by atoms with Crippen molar-refractivity contribution >= 4 is 18.0 Å². The molecule has 2 fully saturated rings. The fourth-order valence-corrected chi connectivity index (χ4v) is 4.92. The minimum absolute atomic E-state index is 0.0233. The van der Waals surface area contributed by atoms with Gasteiger partial charge in [-0.2, -0.15) is 0 Å². The first-order valence-corrected chi connectivity index (χ1v) is 13.0. The fourth-order valence-electron chi connectivity index (χ4n) is 4.92. The number of ether oxygens (including phenoxy) is 4. The quantitative estimate of drug-likeness (QED) is 0.207. The van der Waals surface area contributed by atoms with E-state index in [2.05, 4.69) is 0 Å². The summed E-state index contributed by atoms with van der Waals surface area (Å²) >= 11 is 0. The third-order valence-electron chi connectivity index (χ3n) is 6.92. The Labute approximate surface area is 237 Å². The molecule has 0 unspecified atom stereocenters. The van der Waals surface area contributed by atoms with Crippen LogP contribution in [0.2, 0.25) is 0 Å². The van der Waals surface area contributed by atoms with Crippen molar-refractivity contribution in [1.29, 1.82) is 0 Å². The van der Waals surface area contributed by atoms with Crippen LogP contribution in [0.5, 0.6) is 11.5 Å². The second-order valence-corrected chi connectivity index (χ2v) is 9.55. The first-order valence-electron chi connectivity index (χ1n) is 13.0. The topological polar surface area (TPSA) is 104 Å². The molecule has 0 bridgehead atoms. The average Bonchev–Trinajstić information content (AvgIpc) is 3.31. The molecule has 0 aliphatic carbocycles. The van der Waals surface area contributed by atoms with Gasteiger partial charge in [-0.3, -0.25) is 4.79 Å². The number of esters is 1. The SMILES string of the molecule is COc1ccc(CN2C(=O)[C@@H]3[C@H]2/C(=C/C(=O)OCc2ccccc2)CN3OC(=O)OCc2ccccc2)cc1OC. The van der Waals surface area contributed by atoms with E-state index in [1.807, 2.05) is 66.7 Å². The number of carbonyl (C=O) groups excluding carboxylic acids is 3. The molecular formula is C31H30N2O8. The van der Waals surface area contributed by atoms with Gasteiger partial charge < -0.3 is 28.7 Å². The summed E-state index contributed by atoms with van der Waals surface area (Å²) in [7, 11) is 3.09. The van der Waals surface area contributed by atoms with Gasteiger partial charge in [0.15, 0.2) is 11.5 Å². The lowest BCUT2D eigenvalue weighted by atomic mass is 9.91. The Kier molecular flexibility index (Phi) is 8.50. The summed E-state index contributed by atoms with van der Waals surface area (Å²) in [5, 5.41) is 1.27. The molecule has 2 atom stereocenters. The van der Waals surface area contributed by atoms with Crippen LogP contribution in [0.4, 0.5) is 4.79 Å². The molecule has 0 spiro atoms. The Hall–Kier alpha value is -4.83. The highest BCUT2D eigenvalue weighted by Crippen LogP contribution is 2.39. The van der Waals surface area contributed by atoms with Crippen LogP contribution in [0, 0.1) is 0 Å². The molecule has 2 aliphatic heterocycles. The number of β-lactam (4-membered cyclic amide) rings is 1. The number of methoxy groups -OCH3 is 2. The van der Waals surface area contributed by atoms with Crippen molar-refractivity contribution in [2.45, 2.75) is 31.8 Å². The minimum Gasteiger partial charge on any atom is -0.493 e. The number of nitrogens with zero attached hydrogens (tertiary/aromatic N) is 2. The van der Waals surface area contributed by atoms with E-state index in [0.717, 1.165) is 16.7 Å². The predicted octanol–water partition coefficient (Wildman–Crippen LogP) is 4.04. The van der Waals surface area contributed by atoms with Crippen LogP contribution in [-0.2, 0) is 43.7 Å². The van der Waals surface area contributed by atoms with Crippen molar-refractivity contribution in [3.8, 4) is 11.5 Å². The summed E-state index contributed by atoms with van der Waals surface area (Å²) in [6.07, 6.45) is 0.430. The zero-order chi connectivity index (χ0) is 28.8. The van der Waals surface area contributed by atoms with Gasteiger partial charge >= 0.3 is 12.1 Å². The zero-order valence-electron chi connectivity index (χ0n) is 22.7. The molecular weight excluding hydrogens is 528 g/mol. The lowest BCUT2D eigenvalue weighted by molar-refractivity contribution is -0.187. The third-order valence-corrected chi connectivity index (χ3v) is 6.92. The van der Waals surface area contributed by atoms with Gasteiger partial charge in [0.1, 0.15) is 19.3 Å². The fraction of sp³-hybridized carbons (Fsp3) is 0.258. The molecule has 3 aromatic rings. The largest absolute Gasteiger partial charge is 0.528 e. The van der Waals surface area contributed by atoms with E-state index in [4.69, 9.17) is 23.8 Å². The smallest absolute Gasteiger partial charge is 0.493 e. The molecule has 0 aromatic heterocycles. The Morgan fingerprint density at radius 3 is 2.07 bits per heavy atom. The van der Waals surface area contributed by atoms with Crippen LogP contribution in [-0.4, -0.2) is 60.8 Å². The number of hydrogen-bond acceptors (Lipinski definition) is 9. The molecule has 10 nitrogen and oxygen atoms in total. The number of likely N-dealkylation sites (tertiary alicyclic amines) is 1. The average molecular weight is 559 g/mol. The number of hydroxylamine groups is 2. The Morgan fingerprint density at radius 2 is 1.44 bits per heavy atom. The Morgan fingerprint density at radius 1 is 0.805 bits per heavy atom. The first kappa shape index (κ1) is 27.7. The van der Waals surface area contributed by atoms with Crippen LogP contribution < -0.4 is 9.47 Å². The monoisotopic (exact) mass is 558 g/mol. The van der Waals surface area contributed by atoms with Crippen molar-refractivity contribution in [2.24, 2.45) is 0 Å². The highest BCUT2D eigenvalue weighted by atomic mass is 16.8. The van der Waals surface area contributed by atoms with E-state index in [0.29, 0.717) is 17.1 Å². The normalized spacial score (nSPS) is 18.8. The van der Waals surface area contributed by atoms with E-state index < -0.39 is 24.2 Å². The van der Waals surface area contributed by atoms with E-state index >= 15 is 0 Å². The molecule has 3 aromatic carbocycles. The van der Waals surface area contributed by atoms with Gasteiger partial charge in [-0.25, -0.2) is 9.59 Å². The van der Waals surface area contributed by atoms with Gasteiger partial charge in [-0.05, 0) is 34.4 Å². The number of benzene rings is 3. The van der Waals surface area contributed by atoms with Crippen molar-refractivity contribution in [1.82, 2.24) is 9.96 Å². The van der Waals surface area contributed by atoms with Crippen LogP contribution in [0.1, 0.15) is 16.7 Å². The lowest BCUT2D eigenvalue weighted by Gasteiger charge is -2.44. The molecule has 1 amide bonds. The van der Waals surface area contributed by atoms with Crippen molar-refractivity contribution in [3.63, 3.8) is 0 Å². The summed E-state index contributed by atoms with van der Waals surface area (Å²) in [5.41, 5.74) is 3.04. The maximum absolute atomic E-state index is 13.3. The summed E-state index contributed by atoms with van der Waals surface area (Å²) in [6, 6.07) is 22.6. The highest BCUT2D eigenvalue weighted by molar-refractivity contribution is 5.93. The minimum atomic E-state index is -0.938. The van der Waals surface area contributed by atoms with Gasteiger partial charge in [-0.15, -0.1) is 5.06 Å². The maximum Gasteiger partial charge on any atom is 0.528 e. The van der Waals surface area contributed by atoms with E-state index in [1.54, 1.807) is 24.1 Å². The second kappa shape index (κ2) is 12.6. The molecule has 0 saturated carbocycles. The summed E-state index contributed by atoms with van der Waals surface area (Å²) in [5.74, 6) is 0.302. The molecule has 0 N–H and O–H groups in total. The maximum atomic E-state index is 13.3. The molecule has 0 radical (unpaired) electrons. The Balaban J connectivity index is 1.31. The number of amides is 1. The molecule has 2 saturated heterocycles. The van der Waals surface area contributed by atoms with Gasteiger partial charge in [0.2, 0.25) is 5.91 Å². The molecule has 2 aliphatic rings. The molecule has 5 rings (SSSR count). The second-order valence-electron chi connectivity index (χ2n) is 9.55. The van der Waals surface area contributed by atoms with Crippen LogP contribution in [0.15, 0.2) is 90.5 Å². The van der Waals surface area contributed by atoms with Crippen LogP contribution in [0.3, 0.4) is 0 Å². The molecule has 2 heterocycles. The summed E-state index contributed by atoms with van der Waals surface area (Å²) in [4.78, 5) is 45.6. The number of carbonyl (C=O) groups is 3. The third kappa shape index (κ3) is 6.33. The van der Waals surface area contributed by atoms with E-state index in [9.17, 15) is 14.4 Å². The van der Waals surface area contributed by atoms with Crippen molar-refractivity contribution < 1.29 is 38.2 Å². The van der Waals surface area contributed by atoms with E-state index in [-0.39, 0.29) is 32.2 Å². The summed E-state index contributed by atoms with van der Waals surface area (Å²) < 4.78 is 21.4. The highest BCUT2D eigenvalue weighted by Gasteiger charge is 2.58. The van der Waals surface area contributed by atoms with Gasteiger partial charge in [0, 0.05) is 12.6 Å². The summed E-state index contributed by atoms with van der Waals surface area (Å²) in [6.45, 7) is 0.431. The van der Waals surface area contributed by atoms with Crippen LogP contribution >= 0.6 is 0 Å². The number of hydrogen-bond donors (Lipinski definition) is 0. The van der Waals surface area contributed by atoms with Crippen LogP contribution in [0.25, 0.3) is 0 Å². The molecule has 41 heavy (non-hydrogen) atoms. The predicted molar refractivity (Wildman–Crippen MR) is 146 cm³/mol. The first-order chi connectivity index (χ1) is 20.0.